The molecule has 0 aliphatic carbocycles. The van der Waals surface area contributed by atoms with Crippen molar-refractivity contribution in [2.75, 3.05) is 19.6 Å². The van der Waals surface area contributed by atoms with Crippen molar-refractivity contribution in [1.29, 1.82) is 0 Å². The second-order valence-electron chi connectivity index (χ2n) is 17.1. The first-order chi connectivity index (χ1) is 29.2. The van der Waals surface area contributed by atoms with Crippen LogP contribution in [-0.2, 0) is 43.3 Å². The van der Waals surface area contributed by atoms with Crippen LogP contribution in [0.25, 0.3) is 0 Å². The number of aliphatic hydroxyl groups excluding tert-OH is 1. The van der Waals surface area contributed by atoms with Gasteiger partial charge in [0.1, 0.15) is 35.3 Å². The molecule has 5 rings (SSSR count). The topological polar surface area (TPSA) is 156 Å². The number of aliphatic hydroxyl groups is 1. The zero-order valence-corrected chi connectivity index (χ0v) is 36.1. The van der Waals surface area contributed by atoms with E-state index in [0.29, 0.717) is 55.8 Å². The number of ether oxygens (including phenoxy) is 3. The fraction of sp³-hybridized carbons (Fsp3) is 0.429. The van der Waals surface area contributed by atoms with Gasteiger partial charge in [0, 0.05) is 32.0 Å². The number of hydrogen-bond donors (Lipinski definition) is 4. The molecule has 1 saturated heterocycles. The lowest BCUT2D eigenvalue weighted by Gasteiger charge is -2.39. The number of alkyl carbamates (subject to hydrolysis) is 1. The van der Waals surface area contributed by atoms with Crippen LogP contribution < -0.4 is 20.7 Å². The minimum absolute atomic E-state index is 0.00736. The highest BCUT2D eigenvalue weighted by atomic mass is 16.6. The lowest BCUT2D eigenvalue weighted by molar-refractivity contribution is -0.144. The van der Waals surface area contributed by atoms with Crippen molar-refractivity contribution in [3.8, 4) is 11.5 Å². The number of likely N-dealkylation sites (tertiary alicyclic amines) is 1. The van der Waals surface area contributed by atoms with Crippen molar-refractivity contribution in [2.24, 2.45) is 5.92 Å². The Morgan fingerprint density at radius 1 is 0.770 bits per heavy atom. The first kappa shape index (κ1) is 46.3. The summed E-state index contributed by atoms with van der Waals surface area (Å²) in [5, 5.41) is 20.9. The van der Waals surface area contributed by atoms with E-state index in [1.807, 2.05) is 117 Å². The lowest BCUT2D eigenvalue weighted by Crippen LogP contribution is -2.65. The van der Waals surface area contributed by atoms with Crippen LogP contribution >= 0.6 is 0 Å². The van der Waals surface area contributed by atoms with Gasteiger partial charge in [0.25, 0.3) is 0 Å². The molecule has 0 unspecified atom stereocenters. The van der Waals surface area contributed by atoms with Gasteiger partial charge in [-0.05, 0) is 93.3 Å². The Labute approximate surface area is 360 Å². The summed E-state index contributed by atoms with van der Waals surface area (Å²) in [6, 6.07) is 34.9. The average Bonchev–Trinajstić information content (AvgIpc) is 3.24. The summed E-state index contributed by atoms with van der Waals surface area (Å²) >= 11 is 0. The van der Waals surface area contributed by atoms with Crippen LogP contribution in [0, 0.1) is 5.92 Å². The molecule has 61 heavy (non-hydrogen) atoms. The van der Waals surface area contributed by atoms with E-state index in [4.69, 9.17) is 14.2 Å². The van der Waals surface area contributed by atoms with Gasteiger partial charge in [-0.15, -0.1) is 0 Å². The first-order valence-electron chi connectivity index (χ1n) is 21.3. The van der Waals surface area contributed by atoms with Gasteiger partial charge in [-0.1, -0.05) is 105 Å². The van der Waals surface area contributed by atoms with Crippen molar-refractivity contribution in [3.05, 3.63) is 132 Å². The van der Waals surface area contributed by atoms with Crippen molar-refractivity contribution in [1.82, 2.24) is 20.9 Å². The summed E-state index contributed by atoms with van der Waals surface area (Å²) in [7, 11) is 0. The van der Waals surface area contributed by atoms with Gasteiger partial charge in [-0.2, -0.15) is 0 Å². The van der Waals surface area contributed by atoms with Crippen molar-refractivity contribution in [2.45, 2.75) is 109 Å². The Morgan fingerprint density at radius 3 is 1.93 bits per heavy atom. The number of carbonyl (C=O) groups excluding carboxylic acids is 4. The maximum atomic E-state index is 15.0. The molecule has 1 heterocycles. The van der Waals surface area contributed by atoms with Crippen molar-refractivity contribution in [3.63, 3.8) is 0 Å². The predicted octanol–water partition coefficient (Wildman–Crippen LogP) is 7.13. The van der Waals surface area contributed by atoms with Gasteiger partial charge >= 0.3 is 12.1 Å². The zero-order valence-electron chi connectivity index (χ0n) is 36.1. The lowest BCUT2D eigenvalue weighted by atomic mass is 9.82. The minimum Gasteiger partial charge on any atom is -0.460 e. The predicted molar refractivity (Wildman–Crippen MR) is 235 cm³/mol. The number of nitrogens with zero attached hydrogens (tertiary/aromatic N) is 1. The average molecular weight is 835 g/mol. The van der Waals surface area contributed by atoms with Gasteiger partial charge in [0.15, 0.2) is 0 Å². The SMILES string of the molecule is CC(C)[C@@H](NC(=O)[C@](Cc1ccc(Oc2ccccc2)cc1)(C[C@@H](O)CCc1ccccc1)NC(=O)OC(C)(C)C)C(=O)N1CCC(NCC(=O)OCc2ccccc2)CC1. The molecule has 326 valence electrons. The summed E-state index contributed by atoms with van der Waals surface area (Å²) in [5.74, 6) is -0.276. The van der Waals surface area contributed by atoms with Gasteiger partial charge < -0.3 is 40.2 Å². The van der Waals surface area contributed by atoms with E-state index in [9.17, 15) is 24.3 Å². The molecule has 12 heteroatoms. The number of benzene rings is 4. The number of rotatable bonds is 19. The van der Waals surface area contributed by atoms with E-state index in [-0.39, 0.29) is 49.8 Å². The molecule has 1 aliphatic rings. The van der Waals surface area contributed by atoms with Crippen molar-refractivity contribution < 1.29 is 38.5 Å². The number of amides is 3. The first-order valence-corrected chi connectivity index (χ1v) is 21.3. The van der Waals surface area contributed by atoms with Crippen LogP contribution in [-0.4, -0.2) is 82.8 Å². The number of aryl methyl sites for hydroxylation is 1. The maximum Gasteiger partial charge on any atom is 0.408 e. The third-order valence-corrected chi connectivity index (χ3v) is 10.6. The van der Waals surface area contributed by atoms with Crippen LogP contribution in [0.1, 0.15) is 77.0 Å². The monoisotopic (exact) mass is 834 g/mol. The summed E-state index contributed by atoms with van der Waals surface area (Å²) in [6.45, 7) is 10.0. The number of piperidine rings is 1. The molecule has 1 fully saturated rings. The molecule has 0 radical (unpaired) electrons. The molecule has 4 N–H and O–H groups in total. The molecule has 4 aromatic rings. The fourth-order valence-electron chi connectivity index (χ4n) is 7.34. The van der Waals surface area contributed by atoms with Crippen LogP contribution in [0.3, 0.4) is 0 Å². The second-order valence-corrected chi connectivity index (χ2v) is 17.1. The number of para-hydroxylation sites is 1. The third-order valence-electron chi connectivity index (χ3n) is 10.6. The van der Waals surface area contributed by atoms with E-state index in [1.165, 1.54) is 0 Å². The largest absolute Gasteiger partial charge is 0.460 e. The van der Waals surface area contributed by atoms with Crippen LogP contribution in [0.2, 0.25) is 0 Å². The molecule has 0 saturated carbocycles. The molecule has 12 nitrogen and oxygen atoms in total. The molecule has 0 spiro atoms. The quantitative estimate of drug-likeness (QED) is 0.0723. The Balaban J connectivity index is 1.32. The number of esters is 1. The fourth-order valence-corrected chi connectivity index (χ4v) is 7.34. The highest BCUT2D eigenvalue weighted by Gasteiger charge is 2.45. The van der Waals surface area contributed by atoms with Crippen LogP contribution in [0.15, 0.2) is 115 Å². The van der Waals surface area contributed by atoms with E-state index >= 15 is 0 Å². The zero-order chi connectivity index (χ0) is 43.8. The van der Waals surface area contributed by atoms with Crippen molar-refractivity contribution >= 4 is 23.9 Å². The summed E-state index contributed by atoms with van der Waals surface area (Å²) in [4.78, 5) is 57.1. The summed E-state index contributed by atoms with van der Waals surface area (Å²) < 4.78 is 17.1. The molecule has 1 aliphatic heterocycles. The molecule has 3 amide bonds. The highest BCUT2D eigenvalue weighted by molar-refractivity contribution is 5.94. The molecule has 4 aromatic carbocycles. The Hall–Kier alpha value is -5.72. The number of carbonyl (C=O) groups is 4. The molecule has 0 bridgehead atoms. The van der Waals surface area contributed by atoms with E-state index < -0.39 is 35.3 Å². The number of nitrogens with one attached hydrogen (secondary N) is 3. The maximum absolute atomic E-state index is 15.0. The standard InChI is InChI=1S/C49H62N4O8/c1-35(2)44(45(56)53-29-27-39(28-30-53)50-33-43(55)59-34-38-17-11-7-12-18-38)51-46(57)49(52-47(58)61-48(3,4)5,32-40(54)24-21-36-15-9-6-10-16-36)31-37-22-25-42(26-23-37)60-41-19-13-8-14-20-41/h6-20,22-23,25-26,35,39-40,44,50,54H,21,24,27-34H2,1-5H3,(H,51,57)(H,52,58)/t40-,44+,49-/m0/s1. The minimum atomic E-state index is -1.74. The Kier molecular flexibility index (Phi) is 16.9. The van der Waals surface area contributed by atoms with E-state index in [1.54, 1.807) is 37.8 Å². The normalized spacial score (nSPS) is 15.2. The van der Waals surface area contributed by atoms with E-state index in [2.05, 4.69) is 16.0 Å². The van der Waals surface area contributed by atoms with Crippen LogP contribution in [0.5, 0.6) is 11.5 Å². The third kappa shape index (κ3) is 15.1. The van der Waals surface area contributed by atoms with Gasteiger partial charge in [-0.3, -0.25) is 14.4 Å². The van der Waals surface area contributed by atoms with Gasteiger partial charge in [0.2, 0.25) is 11.8 Å². The highest BCUT2D eigenvalue weighted by Crippen LogP contribution is 2.28. The molecular weight excluding hydrogens is 773 g/mol. The van der Waals surface area contributed by atoms with Gasteiger partial charge in [-0.25, -0.2) is 4.79 Å². The Bertz CT molecular complexity index is 1980. The summed E-state index contributed by atoms with van der Waals surface area (Å²) in [5.41, 5.74) is 0.00892. The van der Waals surface area contributed by atoms with Gasteiger partial charge in [0.05, 0.1) is 12.6 Å². The molecule has 0 aromatic heterocycles. The van der Waals surface area contributed by atoms with Crippen LogP contribution in [0.4, 0.5) is 4.79 Å². The van der Waals surface area contributed by atoms with E-state index in [0.717, 1.165) is 11.1 Å². The molecular formula is C49H62N4O8. The number of hydrogen-bond acceptors (Lipinski definition) is 9. The Morgan fingerprint density at radius 2 is 1.34 bits per heavy atom. The summed E-state index contributed by atoms with van der Waals surface area (Å²) in [6.07, 6.45) is 0.0669. The smallest absolute Gasteiger partial charge is 0.408 e. The molecule has 3 atom stereocenters. The second kappa shape index (κ2) is 22.2.